The first-order valence-electron chi connectivity index (χ1n) is 9.46. The second-order valence-corrected chi connectivity index (χ2v) is 6.63. The van der Waals surface area contributed by atoms with Crippen LogP contribution >= 0.6 is 0 Å². The molecule has 0 saturated carbocycles. The molecule has 1 N–H and O–H groups in total. The van der Waals surface area contributed by atoms with Crippen molar-refractivity contribution in [2.75, 3.05) is 6.54 Å². The number of unbranched alkanes of at least 4 members (excludes halogenated alkanes) is 9. The average molecular weight is 307 g/mol. The summed E-state index contributed by atoms with van der Waals surface area (Å²) in [5, 5.41) is 7.51. The van der Waals surface area contributed by atoms with Crippen LogP contribution in [0, 0.1) is 0 Å². The molecule has 0 bridgehead atoms. The Kier molecular flexibility index (Phi) is 8.54. The highest BCUT2D eigenvalue weighted by atomic mass is 16.5. The molecule has 1 aromatic rings. The predicted molar refractivity (Wildman–Crippen MR) is 89.8 cm³/mol. The van der Waals surface area contributed by atoms with Gasteiger partial charge in [0.25, 0.3) is 0 Å². The van der Waals surface area contributed by atoms with Crippen LogP contribution in [-0.2, 0) is 6.42 Å². The first-order chi connectivity index (χ1) is 10.9. The highest BCUT2D eigenvalue weighted by Gasteiger charge is 2.21. The highest BCUT2D eigenvalue weighted by Crippen LogP contribution is 2.21. The maximum absolute atomic E-state index is 5.37. The molecule has 2 rings (SSSR count). The summed E-state index contributed by atoms with van der Waals surface area (Å²) in [7, 11) is 0. The van der Waals surface area contributed by atoms with Gasteiger partial charge in [-0.1, -0.05) is 69.9 Å². The van der Waals surface area contributed by atoms with Gasteiger partial charge in [-0.2, -0.15) is 4.98 Å². The molecule has 4 heteroatoms. The van der Waals surface area contributed by atoms with Gasteiger partial charge in [0.05, 0.1) is 6.04 Å². The Bertz CT molecular complexity index is 385. The molecule has 0 spiro atoms. The van der Waals surface area contributed by atoms with Gasteiger partial charge in [-0.05, 0) is 25.8 Å². The highest BCUT2D eigenvalue weighted by molar-refractivity contribution is 4.95. The molecule has 0 radical (unpaired) electrons. The van der Waals surface area contributed by atoms with E-state index in [1.807, 2.05) is 0 Å². The molecule has 126 valence electrons. The minimum absolute atomic E-state index is 0.300. The lowest BCUT2D eigenvalue weighted by molar-refractivity contribution is 0.340. The summed E-state index contributed by atoms with van der Waals surface area (Å²) in [6.45, 7) is 3.35. The zero-order valence-electron chi connectivity index (χ0n) is 14.3. The van der Waals surface area contributed by atoms with E-state index in [1.54, 1.807) is 0 Å². The van der Waals surface area contributed by atoms with Gasteiger partial charge in [0, 0.05) is 6.42 Å². The van der Waals surface area contributed by atoms with Gasteiger partial charge in [0.2, 0.25) is 5.89 Å². The Labute approximate surface area is 135 Å². The average Bonchev–Trinajstić information content (AvgIpc) is 3.19. The van der Waals surface area contributed by atoms with Crippen LogP contribution in [0.25, 0.3) is 0 Å². The quantitative estimate of drug-likeness (QED) is 0.555. The zero-order valence-corrected chi connectivity index (χ0v) is 14.3. The minimum atomic E-state index is 0.300. The standard InChI is InChI=1S/C18H33N3O/c1-2-3-4-5-6-7-8-9-10-11-14-17-20-18(22-21-17)16-13-12-15-19-16/h16,19H,2-15H2,1H3/t16-/m0/s1. The van der Waals surface area contributed by atoms with E-state index in [4.69, 9.17) is 4.52 Å². The fraction of sp³-hybridized carbons (Fsp3) is 0.889. The van der Waals surface area contributed by atoms with E-state index in [-0.39, 0.29) is 0 Å². The van der Waals surface area contributed by atoms with Crippen molar-refractivity contribution in [1.29, 1.82) is 0 Å². The largest absolute Gasteiger partial charge is 0.338 e. The van der Waals surface area contributed by atoms with Crippen LogP contribution in [0.15, 0.2) is 4.52 Å². The summed E-state index contributed by atoms with van der Waals surface area (Å²) in [6, 6.07) is 0.300. The molecule has 1 saturated heterocycles. The first-order valence-corrected chi connectivity index (χ1v) is 9.46. The number of nitrogens with zero attached hydrogens (tertiary/aromatic N) is 2. The second kappa shape index (κ2) is 10.8. The van der Waals surface area contributed by atoms with E-state index >= 15 is 0 Å². The van der Waals surface area contributed by atoms with Crippen LogP contribution in [0.5, 0.6) is 0 Å². The molecule has 1 atom stereocenters. The monoisotopic (exact) mass is 307 g/mol. The van der Waals surface area contributed by atoms with Crippen LogP contribution in [0.4, 0.5) is 0 Å². The Hall–Kier alpha value is -0.900. The lowest BCUT2D eigenvalue weighted by Gasteiger charge is -2.02. The number of hydrogen-bond acceptors (Lipinski definition) is 4. The van der Waals surface area contributed by atoms with Gasteiger partial charge in [-0.15, -0.1) is 0 Å². The molecule has 0 unspecified atom stereocenters. The van der Waals surface area contributed by atoms with Gasteiger partial charge >= 0.3 is 0 Å². The van der Waals surface area contributed by atoms with E-state index in [2.05, 4.69) is 22.4 Å². The fourth-order valence-corrected chi connectivity index (χ4v) is 3.18. The molecule has 1 aliphatic heterocycles. The van der Waals surface area contributed by atoms with E-state index in [0.29, 0.717) is 6.04 Å². The molecule has 0 amide bonds. The second-order valence-electron chi connectivity index (χ2n) is 6.63. The predicted octanol–water partition coefficient (Wildman–Crippen LogP) is 4.96. The number of hydrogen-bond donors (Lipinski definition) is 1. The summed E-state index contributed by atoms with van der Waals surface area (Å²) < 4.78 is 5.37. The van der Waals surface area contributed by atoms with E-state index < -0.39 is 0 Å². The topological polar surface area (TPSA) is 51.0 Å². The van der Waals surface area contributed by atoms with Crippen molar-refractivity contribution in [3.8, 4) is 0 Å². The first kappa shape index (κ1) is 17.5. The lowest BCUT2D eigenvalue weighted by atomic mass is 10.1. The van der Waals surface area contributed by atoms with Crippen molar-refractivity contribution in [2.45, 2.75) is 96.4 Å². The lowest BCUT2D eigenvalue weighted by Crippen LogP contribution is -2.13. The zero-order chi connectivity index (χ0) is 15.5. The molecule has 0 aliphatic carbocycles. The van der Waals surface area contributed by atoms with Crippen molar-refractivity contribution < 1.29 is 4.52 Å². The van der Waals surface area contributed by atoms with Crippen molar-refractivity contribution in [3.05, 3.63) is 11.7 Å². The number of aryl methyl sites for hydroxylation is 1. The van der Waals surface area contributed by atoms with E-state index in [0.717, 1.165) is 31.1 Å². The van der Waals surface area contributed by atoms with Gasteiger partial charge in [0.15, 0.2) is 5.82 Å². The van der Waals surface area contributed by atoms with Crippen LogP contribution in [0.2, 0.25) is 0 Å². The Morgan fingerprint density at radius 2 is 1.68 bits per heavy atom. The number of nitrogens with one attached hydrogen (secondary N) is 1. The maximum Gasteiger partial charge on any atom is 0.243 e. The Balaban J connectivity index is 1.45. The van der Waals surface area contributed by atoms with Crippen LogP contribution in [0.1, 0.15) is 102 Å². The molecule has 1 aliphatic rings. The summed E-state index contributed by atoms with van der Waals surface area (Å²) >= 11 is 0. The summed E-state index contributed by atoms with van der Waals surface area (Å²) in [5.41, 5.74) is 0. The molecule has 4 nitrogen and oxygen atoms in total. The van der Waals surface area contributed by atoms with E-state index in [1.165, 1.54) is 70.6 Å². The summed E-state index contributed by atoms with van der Waals surface area (Å²) in [4.78, 5) is 4.53. The van der Waals surface area contributed by atoms with Gasteiger partial charge in [-0.3, -0.25) is 0 Å². The van der Waals surface area contributed by atoms with Crippen molar-refractivity contribution in [2.24, 2.45) is 0 Å². The molecule has 0 aromatic carbocycles. The maximum atomic E-state index is 5.37. The third-order valence-corrected chi connectivity index (χ3v) is 4.60. The molecule has 2 heterocycles. The van der Waals surface area contributed by atoms with Crippen LogP contribution < -0.4 is 5.32 Å². The molecule has 1 fully saturated rings. The SMILES string of the molecule is CCCCCCCCCCCCc1noc([C@@H]2CCCN2)n1. The Morgan fingerprint density at radius 3 is 2.32 bits per heavy atom. The Morgan fingerprint density at radius 1 is 1.00 bits per heavy atom. The van der Waals surface area contributed by atoms with Crippen molar-refractivity contribution >= 4 is 0 Å². The molecular weight excluding hydrogens is 274 g/mol. The summed E-state index contributed by atoms with van der Waals surface area (Å²) in [6.07, 6.45) is 16.9. The smallest absolute Gasteiger partial charge is 0.243 e. The van der Waals surface area contributed by atoms with Crippen LogP contribution in [0.3, 0.4) is 0 Å². The van der Waals surface area contributed by atoms with E-state index in [9.17, 15) is 0 Å². The number of rotatable bonds is 12. The molecule has 22 heavy (non-hydrogen) atoms. The molecule has 1 aromatic heterocycles. The number of aromatic nitrogens is 2. The van der Waals surface area contributed by atoms with Crippen LogP contribution in [-0.4, -0.2) is 16.7 Å². The normalized spacial score (nSPS) is 18.1. The fourth-order valence-electron chi connectivity index (χ4n) is 3.18. The van der Waals surface area contributed by atoms with Crippen molar-refractivity contribution in [1.82, 2.24) is 15.5 Å². The molecular formula is C18H33N3O. The third kappa shape index (κ3) is 6.47. The van der Waals surface area contributed by atoms with Gasteiger partial charge < -0.3 is 9.84 Å². The summed E-state index contributed by atoms with van der Waals surface area (Å²) in [5.74, 6) is 1.68. The van der Waals surface area contributed by atoms with Crippen molar-refractivity contribution in [3.63, 3.8) is 0 Å². The minimum Gasteiger partial charge on any atom is -0.338 e. The van der Waals surface area contributed by atoms with Gasteiger partial charge in [0.1, 0.15) is 0 Å². The van der Waals surface area contributed by atoms with Gasteiger partial charge in [-0.25, -0.2) is 0 Å². The third-order valence-electron chi connectivity index (χ3n) is 4.60.